The minimum Gasteiger partial charge on any atom is -0.480 e. The molecule has 0 spiro atoms. The molecule has 1 saturated heterocycles. The Balaban J connectivity index is 1.39. The van der Waals surface area contributed by atoms with Crippen LogP contribution in [0.25, 0.3) is 11.1 Å². The van der Waals surface area contributed by atoms with Crippen LogP contribution >= 0.6 is 0 Å². The molecule has 1 aliphatic carbocycles. The lowest BCUT2D eigenvalue weighted by atomic mass is 9.91. The highest BCUT2D eigenvalue weighted by Gasteiger charge is 2.37. The van der Waals surface area contributed by atoms with Crippen molar-refractivity contribution in [2.45, 2.75) is 51.2 Å². The molecule has 1 heterocycles. The molecule has 1 fully saturated rings. The summed E-state index contributed by atoms with van der Waals surface area (Å²) in [4.78, 5) is 38.7. The number of nitrogens with one attached hydrogen (secondary N) is 1. The Morgan fingerprint density at radius 3 is 2.23 bits per heavy atom. The number of carboxylic acid groups (broad SMARTS) is 1. The van der Waals surface area contributed by atoms with Gasteiger partial charge in [0.05, 0.1) is 0 Å². The molecule has 2 atom stereocenters. The van der Waals surface area contributed by atoms with E-state index in [1.54, 1.807) is 20.8 Å². The number of ether oxygens (including phenoxy) is 2. The van der Waals surface area contributed by atoms with Gasteiger partial charge in [-0.25, -0.2) is 14.4 Å². The van der Waals surface area contributed by atoms with Crippen LogP contribution in [-0.4, -0.2) is 59.5 Å². The van der Waals surface area contributed by atoms with Crippen LogP contribution in [0.3, 0.4) is 0 Å². The van der Waals surface area contributed by atoms with Crippen LogP contribution in [0.1, 0.15) is 50.7 Å². The van der Waals surface area contributed by atoms with E-state index < -0.39 is 35.7 Å². The monoisotopic (exact) mass is 480 g/mol. The molecule has 2 aliphatic rings. The standard InChI is InChI=1S/C27H32N2O6/c1-27(2,3)35-26(33)29-14-8-9-17(15-29)23(24(30)31)28-25(32)34-16-22-20-12-6-4-10-18(20)19-11-5-7-13-21(19)22/h4-7,10-13,17,22-23H,8-9,14-16H2,1-3H3,(H,28,32)(H,30,31)/t17-,23-/m1/s1. The second-order valence-electron chi connectivity index (χ2n) is 10.1. The van der Waals surface area contributed by atoms with E-state index in [0.717, 1.165) is 22.3 Å². The van der Waals surface area contributed by atoms with Crippen LogP contribution in [0.4, 0.5) is 9.59 Å². The van der Waals surface area contributed by atoms with Crippen LogP contribution in [0, 0.1) is 5.92 Å². The first-order valence-corrected chi connectivity index (χ1v) is 12.0. The number of likely N-dealkylation sites (tertiary alicyclic amines) is 1. The van der Waals surface area contributed by atoms with Crippen molar-refractivity contribution in [1.82, 2.24) is 10.2 Å². The number of amides is 2. The molecule has 186 valence electrons. The number of alkyl carbamates (subject to hydrolysis) is 1. The van der Waals surface area contributed by atoms with E-state index in [9.17, 15) is 19.5 Å². The first-order valence-electron chi connectivity index (χ1n) is 12.0. The number of piperidine rings is 1. The van der Waals surface area contributed by atoms with Crippen molar-refractivity contribution >= 4 is 18.2 Å². The van der Waals surface area contributed by atoms with E-state index in [1.807, 2.05) is 48.5 Å². The molecule has 8 nitrogen and oxygen atoms in total. The quantitative estimate of drug-likeness (QED) is 0.647. The Labute approximate surface area is 205 Å². The van der Waals surface area contributed by atoms with Gasteiger partial charge >= 0.3 is 18.2 Å². The van der Waals surface area contributed by atoms with Gasteiger partial charge in [0.25, 0.3) is 0 Å². The molecule has 8 heteroatoms. The Morgan fingerprint density at radius 1 is 1.06 bits per heavy atom. The first kappa shape index (κ1) is 24.6. The lowest BCUT2D eigenvalue weighted by Crippen LogP contribution is -2.53. The predicted octanol–water partition coefficient (Wildman–Crippen LogP) is 4.63. The van der Waals surface area contributed by atoms with Crippen molar-refractivity contribution in [3.8, 4) is 11.1 Å². The van der Waals surface area contributed by atoms with Gasteiger partial charge in [-0.05, 0) is 55.9 Å². The summed E-state index contributed by atoms with van der Waals surface area (Å²) in [6.07, 6.45) is -0.0684. The zero-order valence-corrected chi connectivity index (χ0v) is 20.3. The number of nitrogens with zero attached hydrogens (tertiary/aromatic N) is 1. The Bertz CT molecular complexity index is 1060. The van der Waals surface area contributed by atoms with Crippen molar-refractivity contribution in [2.75, 3.05) is 19.7 Å². The van der Waals surface area contributed by atoms with Crippen LogP contribution in [-0.2, 0) is 14.3 Å². The maximum absolute atomic E-state index is 12.7. The molecule has 0 saturated carbocycles. The number of carbonyl (C=O) groups is 3. The molecule has 0 bridgehead atoms. The van der Waals surface area contributed by atoms with Gasteiger partial charge < -0.3 is 24.8 Å². The number of benzene rings is 2. The molecular formula is C27H32N2O6. The molecule has 4 rings (SSSR count). The Kier molecular flexibility index (Phi) is 7.00. The average molecular weight is 481 g/mol. The summed E-state index contributed by atoms with van der Waals surface area (Å²) in [5.74, 6) is -1.72. The fraction of sp³-hybridized carbons (Fsp3) is 0.444. The minimum atomic E-state index is -1.17. The fourth-order valence-electron chi connectivity index (χ4n) is 4.92. The Hall–Kier alpha value is -3.55. The lowest BCUT2D eigenvalue weighted by Gasteiger charge is -2.36. The van der Waals surface area contributed by atoms with Gasteiger partial charge in [-0.2, -0.15) is 0 Å². The van der Waals surface area contributed by atoms with Gasteiger partial charge in [-0.1, -0.05) is 48.5 Å². The molecule has 0 unspecified atom stereocenters. The zero-order valence-electron chi connectivity index (χ0n) is 20.3. The van der Waals surface area contributed by atoms with Gasteiger partial charge in [0.1, 0.15) is 18.2 Å². The smallest absolute Gasteiger partial charge is 0.410 e. The van der Waals surface area contributed by atoms with Crippen LogP contribution in [0.15, 0.2) is 48.5 Å². The largest absolute Gasteiger partial charge is 0.480 e. The van der Waals surface area contributed by atoms with Gasteiger partial charge in [-0.15, -0.1) is 0 Å². The van der Waals surface area contributed by atoms with Crippen LogP contribution in [0.5, 0.6) is 0 Å². The van der Waals surface area contributed by atoms with E-state index >= 15 is 0 Å². The van der Waals surface area contributed by atoms with Crippen LogP contribution < -0.4 is 5.32 Å². The number of aliphatic carboxylic acids is 1. The number of rotatable bonds is 5. The SMILES string of the molecule is CC(C)(C)OC(=O)N1CCC[C@@H]([C@@H](NC(=O)OCC2c3ccccc3-c3ccccc32)C(=O)O)C1. The lowest BCUT2D eigenvalue weighted by molar-refractivity contribution is -0.141. The molecule has 2 amide bonds. The summed E-state index contributed by atoms with van der Waals surface area (Å²) >= 11 is 0. The van der Waals surface area contributed by atoms with Gasteiger partial charge in [0, 0.05) is 24.9 Å². The normalized spacial score (nSPS) is 18.3. The molecule has 2 aromatic carbocycles. The van der Waals surface area contributed by atoms with E-state index in [2.05, 4.69) is 5.32 Å². The van der Waals surface area contributed by atoms with Crippen molar-refractivity contribution < 1.29 is 29.0 Å². The van der Waals surface area contributed by atoms with E-state index in [-0.39, 0.29) is 19.1 Å². The molecule has 0 radical (unpaired) electrons. The highest BCUT2D eigenvalue weighted by Crippen LogP contribution is 2.44. The maximum atomic E-state index is 12.7. The summed E-state index contributed by atoms with van der Waals surface area (Å²) < 4.78 is 11.0. The molecule has 2 N–H and O–H groups in total. The van der Waals surface area contributed by atoms with E-state index in [0.29, 0.717) is 19.4 Å². The van der Waals surface area contributed by atoms with Crippen molar-refractivity contribution in [1.29, 1.82) is 0 Å². The maximum Gasteiger partial charge on any atom is 0.410 e. The zero-order chi connectivity index (χ0) is 25.2. The Morgan fingerprint density at radius 2 is 1.66 bits per heavy atom. The molecule has 2 aromatic rings. The summed E-state index contributed by atoms with van der Waals surface area (Å²) in [6, 6.07) is 14.8. The molecule has 0 aromatic heterocycles. The highest BCUT2D eigenvalue weighted by molar-refractivity contribution is 5.81. The highest BCUT2D eigenvalue weighted by atomic mass is 16.6. The second-order valence-corrected chi connectivity index (χ2v) is 10.1. The fourth-order valence-corrected chi connectivity index (χ4v) is 4.92. The summed E-state index contributed by atoms with van der Waals surface area (Å²) in [7, 11) is 0. The average Bonchev–Trinajstić information content (AvgIpc) is 3.14. The van der Waals surface area contributed by atoms with Crippen molar-refractivity contribution in [3.63, 3.8) is 0 Å². The van der Waals surface area contributed by atoms with Gasteiger partial charge in [0.2, 0.25) is 0 Å². The number of hydrogen-bond acceptors (Lipinski definition) is 5. The predicted molar refractivity (Wildman–Crippen MR) is 130 cm³/mol. The van der Waals surface area contributed by atoms with E-state index in [4.69, 9.17) is 9.47 Å². The van der Waals surface area contributed by atoms with Crippen LogP contribution in [0.2, 0.25) is 0 Å². The summed E-state index contributed by atoms with van der Waals surface area (Å²) in [5, 5.41) is 12.3. The van der Waals surface area contributed by atoms with Crippen molar-refractivity contribution in [3.05, 3.63) is 59.7 Å². The van der Waals surface area contributed by atoms with Gasteiger partial charge in [-0.3, -0.25) is 0 Å². The number of fused-ring (bicyclic) bond motifs is 3. The second kappa shape index (κ2) is 9.98. The summed E-state index contributed by atoms with van der Waals surface area (Å²) in [6.45, 7) is 6.13. The number of carboxylic acids is 1. The van der Waals surface area contributed by atoms with E-state index in [1.165, 1.54) is 4.90 Å². The third kappa shape index (κ3) is 5.58. The molecular weight excluding hydrogens is 448 g/mol. The van der Waals surface area contributed by atoms with Crippen molar-refractivity contribution in [2.24, 2.45) is 5.92 Å². The van der Waals surface area contributed by atoms with Gasteiger partial charge in [0.15, 0.2) is 0 Å². The molecule has 1 aliphatic heterocycles. The number of hydrogen-bond donors (Lipinski definition) is 2. The minimum absolute atomic E-state index is 0.0981. The topological polar surface area (TPSA) is 105 Å². The third-order valence-corrected chi connectivity index (χ3v) is 6.46. The summed E-state index contributed by atoms with van der Waals surface area (Å²) in [5.41, 5.74) is 3.75. The molecule has 35 heavy (non-hydrogen) atoms. The third-order valence-electron chi connectivity index (χ3n) is 6.46. The first-order chi connectivity index (χ1) is 16.6. The number of carbonyl (C=O) groups excluding carboxylic acids is 2.